The lowest BCUT2D eigenvalue weighted by atomic mass is 10.0. The summed E-state index contributed by atoms with van der Waals surface area (Å²) in [5, 5.41) is 13.0. The van der Waals surface area contributed by atoms with Crippen LogP contribution in [0.4, 0.5) is 0 Å². The van der Waals surface area contributed by atoms with Crippen LogP contribution < -0.4 is 5.32 Å². The predicted octanol–water partition coefficient (Wildman–Crippen LogP) is 3.68. The number of hydrogen-bond acceptors (Lipinski definition) is 2. The van der Waals surface area contributed by atoms with Crippen LogP contribution >= 0.6 is 11.6 Å². The number of rotatable bonds is 5. The van der Waals surface area contributed by atoms with Gasteiger partial charge in [0.05, 0.1) is 6.07 Å². The molecule has 0 amide bonds. The van der Waals surface area contributed by atoms with Gasteiger partial charge in [0.25, 0.3) is 0 Å². The van der Waals surface area contributed by atoms with Crippen LogP contribution in [0.2, 0.25) is 5.02 Å². The molecule has 90 valence electrons. The second-order valence-electron chi connectivity index (χ2n) is 4.99. The van der Waals surface area contributed by atoms with E-state index in [9.17, 15) is 0 Å². The number of hydrogen-bond donors (Lipinski definition) is 1. The maximum Gasteiger partial charge on any atom is 0.0628 e. The lowest BCUT2D eigenvalue weighted by Crippen LogP contribution is -2.26. The molecule has 0 radical (unpaired) electrons. The topological polar surface area (TPSA) is 35.8 Å². The van der Waals surface area contributed by atoms with E-state index in [-0.39, 0.29) is 11.5 Å². The van der Waals surface area contributed by atoms with Crippen molar-refractivity contribution in [2.75, 3.05) is 6.54 Å². The van der Waals surface area contributed by atoms with Crippen LogP contribution in [0.25, 0.3) is 0 Å². The molecule has 0 saturated heterocycles. The Kier molecular flexibility index (Phi) is 3.71. The molecule has 0 bridgehead atoms. The smallest absolute Gasteiger partial charge is 0.0628 e. The van der Waals surface area contributed by atoms with Crippen LogP contribution in [0.15, 0.2) is 24.3 Å². The summed E-state index contributed by atoms with van der Waals surface area (Å²) in [6.07, 6.45) is 3.02. The van der Waals surface area contributed by atoms with Gasteiger partial charge in [-0.15, -0.1) is 0 Å². The van der Waals surface area contributed by atoms with Crippen LogP contribution in [0.3, 0.4) is 0 Å². The van der Waals surface area contributed by atoms with Gasteiger partial charge in [0.2, 0.25) is 0 Å². The Labute approximate surface area is 108 Å². The van der Waals surface area contributed by atoms with Crippen LogP contribution in [0.1, 0.15) is 37.8 Å². The molecule has 1 N–H and O–H groups in total. The monoisotopic (exact) mass is 248 g/mol. The SMILES string of the molecule is CC(NCC1(CC#N)CC1)c1cccc(Cl)c1. The summed E-state index contributed by atoms with van der Waals surface area (Å²) >= 11 is 5.97. The molecule has 1 fully saturated rings. The Balaban J connectivity index is 1.90. The van der Waals surface area contributed by atoms with Crippen molar-refractivity contribution < 1.29 is 0 Å². The van der Waals surface area contributed by atoms with Crippen molar-refractivity contribution in [1.82, 2.24) is 5.32 Å². The molecule has 0 aliphatic heterocycles. The van der Waals surface area contributed by atoms with Gasteiger partial charge in [-0.2, -0.15) is 5.26 Å². The second kappa shape index (κ2) is 5.08. The van der Waals surface area contributed by atoms with E-state index >= 15 is 0 Å². The van der Waals surface area contributed by atoms with E-state index in [2.05, 4.69) is 24.4 Å². The van der Waals surface area contributed by atoms with E-state index in [0.29, 0.717) is 6.42 Å². The van der Waals surface area contributed by atoms with Gasteiger partial charge >= 0.3 is 0 Å². The maximum atomic E-state index is 8.77. The summed E-state index contributed by atoms with van der Waals surface area (Å²) in [5.74, 6) is 0. The zero-order chi connectivity index (χ0) is 12.3. The summed E-state index contributed by atoms with van der Waals surface area (Å²) in [5.41, 5.74) is 1.45. The molecular weight excluding hydrogens is 232 g/mol. The van der Waals surface area contributed by atoms with Crippen LogP contribution in [0, 0.1) is 16.7 Å². The van der Waals surface area contributed by atoms with Gasteiger partial charge in [-0.3, -0.25) is 0 Å². The molecule has 0 heterocycles. The fourth-order valence-corrected chi connectivity index (χ4v) is 2.22. The van der Waals surface area contributed by atoms with Crippen LogP contribution in [0.5, 0.6) is 0 Å². The Hall–Kier alpha value is -1.04. The summed E-state index contributed by atoms with van der Waals surface area (Å²) < 4.78 is 0. The average Bonchev–Trinajstić information content (AvgIpc) is 3.07. The van der Waals surface area contributed by atoms with Gasteiger partial charge in [0, 0.05) is 24.0 Å². The van der Waals surface area contributed by atoms with E-state index in [1.54, 1.807) is 0 Å². The maximum absolute atomic E-state index is 8.77. The van der Waals surface area contributed by atoms with Crippen LogP contribution in [-0.4, -0.2) is 6.54 Å². The standard InChI is InChI=1S/C14H17ClN2/c1-11(12-3-2-4-13(15)9-12)17-10-14(5-6-14)7-8-16/h2-4,9,11,17H,5-7,10H2,1H3. The first-order chi connectivity index (χ1) is 8.15. The first-order valence-electron chi connectivity index (χ1n) is 6.01. The van der Waals surface area contributed by atoms with E-state index in [4.69, 9.17) is 16.9 Å². The molecule has 1 aliphatic carbocycles. The molecule has 1 aromatic rings. The highest BCUT2D eigenvalue weighted by atomic mass is 35.5. The van der Waals surface area contributed by atoms with Crippen molar-refractivity contribution >= 4 is 11.6 Å². The third-order valence-electron chi connectivity index (χ3n) is 3.54. The Morgan fingerprint density at radius 2 is 2.29 bits per heavy atom. The molecule has 17 heavy (non-hydrogen) atoms. The highest BCUT2D eigenvalue weighted by molar-refractivity contribution is 6.30. The van der Waals surface area contributed by atoms with Crippen molar-refractivity contribution in [1.29, 1.82) is 5.26 Å². The molecule has 1 aromatic carbocycles. The Morgan fingerprint density at radius 1 is 1.53 bits per heavy atom. The zero-order valence-corrected chi connectivity index (χ0v) is 10.8. The lowest BCUT2D eigenvalue weighted by Gasteiger charge is -2.18. The summed E-state index contributed by atoms with van der Waals surface area (Å²) in [7, 11) is 0. The minimum Gasteiger partial charge on any atom is -0.310 e. The largest absolute Gasteiger partial charge is 0.310 e. The number of benzene rings is 1. The van der Waals surface area contributed by atoms with E-state index in [1.807, 2.05) is 18.2 Å². The third kappa shape index (κ3) is 3.21. The fourth-order valence-electron chi connectivity index (χ4n) is 2.02. The molecule has 1 aliphatic rings. The normalized spacial score (nSPS) is 18.4. The van der Waals surface area contributed by atoms with E-state index < -0.39 is 0 Å². The van der Waals surface area contributed by atoms with Gasteiger partial charge in [0.15, 0.2) is 0 Å². The van der Waals surface area contributed by atoms with Gasteiger partial charge in [-0.1, -0.05) is 23.7 Å². The minimum absolute atomic E-state index is 0.252. The van der Waals surface area contributed by atoms with E-state index in [1.165, 1.54) is 18.4 Å². The highest BCUT2D eigenvalue weighted by Gasteiger charge is 2.42. The first kappa shape index (κ1) is 12.4. The zero-order valence-electron chi connectivity index (χ0n) is 10.0. The summed E-state index contributed by atoms with van der Waals surface area (Å²) in [6.45, 7) is 3.06. The summed E-state index contributed by atoms with van der Waals surface area (Å²) in [6, 6.07) is 10.5. The molecule has 2 nitrogen and oxygen atoms in total. The molecule has 0 aromatic heterocycles. The van der Waals surface area contributed by atoms with Crippen LogP contribution in [-0.2, 0) is 0 Å². The lowest BCUT2D eigenvalue weighted by molar-refractivity contribution is 0.433. The van der Waals surface area contributed by atoms with Gasteiger partial charge in [-0.25, -0.2) is 0 Å². The predicted molar refractivity (Wildman–Crippen MR) is 69.8 cm³/mol. The molecule has 3 heteroatoms. The molecule has 1 unspecified atom stereocenters. The second-order valence-corrected chi connectivity index (χ2v) is 5.43. The minimum atomic E-state index is 0.252. The molecular formula is C14H17ClN2. The number of halogens is 1. The molecule has 1 saturated carbocycles. The van der Waals surface area contributed by atoms with Crippen molar-refractivity contribution in [3.05, 3.63) is 34.9 Å². The number of nitriles is 1. The Bertz CT molecular complexity index is 432. The van der Waals surface area contributed by atoms with Gasteiger partial charge in [-0.05, 0) is 42.9 Å². The molecule has 1 atom stereocenters. The molecule has 2 rings (SSSR count). The average molecular weight is 249 g/mol. The summed E-state index contributed by atoms with van der Waals surface area (Å²) in [4.78, 5) is 0. The fraction of sp³-hybridized carbons (Fsp3) is 0.500. The molecule has 0 spiro atoms. The van der Waals surface area contributed by atoms with Gasteiger partial charge in [0.1, 0.15) is 0 Å². The van der Waals surface area contributed by atoms with E-state index in [0.717, 1.165) is 11.6 Å². The van der Waals surface area contributed by atoms with Crippen molar-refractivity contribution in [3.8, 4) is 6.07 Å². The quantitative estimate of drug-likeness (QED) is 0.863. The van der Waals surface area contributed by atoms with Crippen molar-refractivity contribution in [3.63, 3.8) is 0 Å². The number of nitrogens with one attached hydrogen (secondary N) is 1. The number of nitrogens with zero attached hydrogens (tertiary/aromatic N) is 1. The van der Waals surface area contributed by atoms with Crippen molar-refractivity contribution in [2.45, 2.75) is 32.2 Å². The van der Waals surface area contributed by atoms with Crippen molar-refractivity contribution in [2.24, 2.45) is 5.41 Å². The van der Waals surface area contributed by atoms with Gasteiger partial charge < -0.3 is 5.32 Å². The Morgan fingerprint density at radius 3 is 2.88 bits per heavy atom. The highest BCUT2D eigenvalue weighted by Crippen LogP contribution is 2.48. The third-order valence-corrected chi connectivity index (χ3v) is 3.78. The first-order valence-corrected chi connectivity index (χ1v) is 6.39.